The zero-order valence-electron chi connectivity index (χ0n) is 12.4. The summed E-state index contributed by atoms with van der Waals surface area (Å²) < 4.78 is 0. The first kappa shape index (κ1) is 12.5. The van der Waals surface area contributed by atoms with Crippen LogP contribution in [0.15, 0.2) is 48.8 Å². The van der Waals surface area contributed by atoms with E-state index in [1.807, 2.05) is 12.3 Å². The van der Waals surface area contributed by atoms with Gasteiger partial charge in [0.1, 0.15) is 5.65 Å². The van der Waals surface area contributed by atoms with Crippen molar-refractivity contribution < 1.29 is 0 Å². The van der Waals surface area contributed by atoms with Gasteiger partial charge in [0.25, 0.3) is 0 Å². The third-order valence-corrected chi connectivity index (χ3v) is 4.46. The van der Waals surface area contributed by atoms with Gasteiger partial charge in [0.15, 0.2) is 0 Å². The fourth-order valence-corrected chi connectivity index (χ4v) is 3.52. The van der Waals surface area contributed by atoms with Crippen molar-refractivity contribution in [3.63, 3.8) is 0 Å². The molecule has 3 nitrogen and oxygen atoms in total. The summed E-state index contributed by atoms with van der Waals surface area (Å²) in [7, 11) is 0. The Balaban J connectivity index is 1.82. The second kappa shape index (κ2) is 4.35. The number of pyridine rings is 1. The molecule has 1 aliphatic rings. The Hall–Kier alpha value is -2.29. The van der Waals surface area contributed by atoms with Crippen LogP contribution in [0.5, 0.6) is 0 Å². The number of benzene rings is 1. The predicted octanol–water partition coefficient (Wildman–Crippen LogP) is 3.86. The highest BCUT2D eigenvalue weighted by Gasteiger charge is 2.32. The maximum Gasteiger partial charge on any atom is 0.139 e. The molecule has 0 unspecified atom stereocenters. The fourth-order valence-electron chi connectivity index (χ4n) is 3.52. The van der Waals surface area contributed by atoms with E-state index in [0.717, 1.165) is 18.7 Å². The summed E-state index contributed by atoms with van der Waals surface area (Å²) in [6.45, 7) is 6.63. The van der Waals surface area contributed by atoms with E-state index in [2.05, 4.69) is 65.2 Å². The largest absolute Gasteiger partial charge is 0.365 e. The number of anilines is 1. The average Bonchev–Trinajstić information content (AvgIpc) is 2.90. The van der Waals surface area contributed by atoms with Gasteiger partial charge in [-0.25, -0.2) is 4.98 Å². The zero-order chi connectivity index (χ0) is 14.4. The maximum absolute atomic E-state index is 4.40. The minimum atomic E-state index is 0.153. The molecule has 2 aromatic heterocycles. The Morgan fingerprint density at radius 3 is 2.90 bits per heavy atom. The Morgan fingerprint density at radius 1 is 1.14 bits per heavy atom. The lowest BCUT2D eigenvalue weighted by molar-refractivity contribution is 0.478. The van der Waals surface area contributed by atoms with Crippen LogP contribution in [-0.2, 0) is 12.0 Å². The highest BCUT2D eigenvalue weighted by molar-refractivity contribution is 5.90. The molecule has 0 bridgehead atoms. The summed E-state index contributed by atoms with van der Waals surface area (Å²) >= 11 is 0. The van der Waals surface area contributed by atoms with Crippen LogP contribution in [0, 0.1) is 0 Å². The van der Waals surface area contributed by atoms with Crippen LogP contribution in [0.3, 0.4) is 0 Å². The van der Waals surface area contributed by atoms with Gasteiger partial charge in [0.2, 0.25) is 0 Å². The van der Waals surface area contributed by atoms with Crippen LogP contribution < -0.4 is 4.90 Å². The van der Waals surface area contributed by atoms with Crippen molar-refractivity contribution in [1.82, 2.24) is 9.97 Å². The van der Waals surface area contributed by atoms with Crippen LogP contribution in [0.1, 0.15) is 25.0 Å². The highest BCUT2D eigenvalue weighted by Crippen LogP contribution is 2.37. The molecule has 0 amide bonds. The summed E-state index contributed by atoms with van der Waals surface area (Å²) in [4.78, 5) is 10.1. The Labute approximate surface area is 124 Å². The summed E-state index contributed by atoms with van der Waals surface area (Å²) in [5.74, 6) is 0. The van der Waals surface area contributed by atoms with Crippen molar-refractivity contribution >= 4 is 16.7 Å². The van der Waals surface area contributed by atoms with E-state index in [4.69, 9.17) is 0 Å². The SMILES string of the molecule is CC1(C)CN(c2c[nH]c3ncccc23)Cc2ccccc21. The number of fused-ring (bicyclic) bond motifs is 2. The molecule has 0 saturated carbocycles. The van der Waals surface area contributed by atoms with Gasteiger partial charge in [-0.1, -0.05) is 38.1 Å². The summed E-state index contributed by atoms with van der Waals surface area (Å²) in [5.41, 5.74) is 5.26. The molecule has 3 heteroatoms. The molecule has 3 heterocycles. The molecule has 1 aliphatic heterocycles. The predicted molar refractivity (Wildman–Crippen MR) is 86.6 cm³/mol. The number of aromatic amines is 1. The number of nitrogens with one attached hydrogen (secondary N) is 1. The van der Waals surface area contributed by atoms with Crippen LogP contribution >= 0.6 is 0 Å². The molecule has 4 rings (SSSR count). The van der Waals surface area contributed by atoms with Crippen LogP contribution in [0.2, 0.25) is 0 Å². The molecule has 21 heavy (non-hydrogen) atoms. The van der Waals surface area contributed by atoms with Gasteiger partial charge >= 0.3 is 0 Å². The van der Waals surface area contributed by atoms with E-state index in [0.29, 0.717) is 0 Å². The molecule has 0 radical (unpaired) electrons. The first-order valence-corrected chi connectivity index (χ1v) is 7.41. The van der Waals surface area contributed by atoms with Gasteiger partial charge in [-0.3, -0.25) is 0 Å². The molecule has 0 saturated heterocycles. The molecule has 1 N–H and O–H groups in total. The van der Waals surface area contributed by atoms with Gasteiger partial charge in [-0.15, -0.1) is 0 Å². The molecule has 3 aromatic rings. The fraction of sp³-hybridized carbons (Fsp3) is 0.278. The van der Waals surface area contributed by atoms with Gasteiger partial charge in [-0.05, 0) is 23.3 Å². The number of hydrogen-bond acceptors (Lipinski definition) is 2. The molecule has 0 fully saturated rings. The second-order valence-corrected chi connectivity index (χ2v) is 6.47. The minimum Gasteiger partial charge on any atom is -0.365 e. The lowest BCUT2D eigenvalue weighted by Crippen LogP contribution is -2.42. The topological polar surface area (TPSA) is 31.9 Å². The van der Waals surface area contributed by atoms with E-state index in [1.54, 1.807) is 0 Å². The Kier molecular flexibility index (Phi) is 2.58. The standard InChI is InChI=1S/C18H19N3/c1-18(2)12-21(11-13-6-3-4-8-15(13)18)16-10-20-17-14(16)7-5-9-19-17/h3-10H,11-12H2,1-2H3,(H,19,20). The quantitative estimate of drug-likeness (QED) is 0.732. The highest BCUT2D eigenvalue weighted by atomic mass is 15.2. The van der Waals surface area contributed by atoms with Crippen LogP contribution in [-0.4, -0.2) is 16.5 Å². The van der Waals surface area contributed by atoms with E-state index in [1.165, 1.54) is 22.2 Å². The first-order chi connectivity index (χ1) is 10.1. The van der Waals surface area contributed by atoms with Crippen LogP contribution in [0.25, 0.3) is 11.0 Å². The van der Waals surface area contributed by atoms with Gasteiger partial charge < -0.3 is 9.88 Å². The van der Waals surface area contributed by atoms with E-state index < -0.39 is 0 Å². The third-order valence-electron chi connectivity index (χ3n) is 4.46. The molecular weight excluding hydrogens is 258 g/mol. The average molecular weight is 277 g/mol. The summed E-state index contributed by atoms with van der Waals surface area (Å²) in [6.07, 6.45) is 3.92. The molecule has 0 aliphatic carbocycles. The van der Waals surface area contributed by atoms with Crippen molar-refractivity contribution in [2.24, 2.45) is 0 Å². The first-order valence-electron chi connectivity index (χ1n) is 7.41. The molecule has 106 valence electrons. The maximum atomic E-state index is 4.40. The number of H-pyrrole nitrogens is 1. The van der Waals surface area contributed by atoms with Gasteiger partial charge in [-0.2, -0.15) is 0 Å². The van der Waals surface area contributed by atoms with Crippen molar-refractivity contribution in [3.05, 3.63) is 59.9 Å². The minimum absolute atomic E-state index is 0.153. The molecule has 0 atom stereocenters. The van der Waals surface area contributed by atoms with Crippen molar-refractivity contribution in [1.29, 1.82) is 0 Å². The molecular formula is C18H19N3. The van der Waals surface area contributed by atoms with Gasteiger partial charge in [0.05, 0.1) is 5.69 Å². The zero-order valence-corrected chi connectivity index (χ0v) is 12.4. The summed E-state index contributed by atoms with van der Waals surface area (Å²) in [5, 5.41) is 1.20. The smallest absolute Gasteiger partial charge is 0.139 e. The lowest BCUT2D eigenvalue weighted by Gasteiger charge is -2.41. The Bertz CT molecular complexity index is 801. The lowest BCUT2D eigenvalue weighted by atomic mass is 9.78. The van der Waals surface area contributed by atoms with E-state index in [9.17, 15) is 0 Å². The number of hydrogen-bond donors (Lipinski definition) is 1. The van der Waals surface area contributed by atoms with Gasteiger partial charge in [0, 0.05) is 36.3 Å². The Morgan fingerprint density at radius 2 is 2.00 bits per heavy atom. The van der Waals surface area contributed by atoms with Crippen molar-refractivity contribution in [2.75, 3.05) is 11.4 Å². The third kappa shape index (κ3) is 1.92. The van der Waals surface area contributed by atoms with Crippen molar-refractivity contribution in [3.8, 4) is 0 Å². The molecule has 1 aromatic carbocycles. The molecule has 0 spiro atoms. The van der Waals surface area contributed by atoms with E-state index in [-0.39, 0.29) is 5.41 Å². The number of rotatable bonds is 1. The number of nitrogens with zero attached hydrogens (tertiary/aromatic N) is 2. The summed E-state index contributed by atoms with van der Waals surface area (Å²) in [6, 6.07) is 12.9. The van der Waals surface area contributed by atoms with E-state index >= 15 is 0 Å². The number of aromatic nitrogens is 2. The van der Waals surface area contributed by atoms with Crippen molar-refractivity contribution in [2.45, 2.75) is 25.8 Å². The monoisotopic (exact) mass is 277 g/mol. The second-order valence-electron chi connectivity index (χ2n) is 6.47. The van der Waals surface area contributed by atoms with Crippen LogP contribution in [0.4, 0.5) is 5.69 Å². The normalized spacial score (nSPS) is 17.0.